The molecule has 2 aliphatic rings. The first-order valence-electron chi connectivity index (χ1n) is 12.4. The van der Waals surface area contributed by atoms with Gasteiger partial charge in [0.05, 0.1) is 6.10 Å². The van der Waals surface area contributed by atoms with Crippen LogP contribution in [-0.4, -0.2) is 29.6 Å². The van der Waals surface area contributed by atoms with Crippen molar-refractivity contribution in [2.45, 2.75) is 38.2 Å². The Morgan fingerprint density at radius 1 is 0.765 bits per heavy atom. The molecule has 1 unspecified atom stereocenters. The predicted molar refractivity (Wildman–Crippen MR) is 139 cm³/mol. The number of piperidine rings is 1. The zero-order valence-electron chi connectivity index (χ0n) is 19.6. The average Bonchev–Trinajstić information content (AvgIpc) is 3.04. The Morgan fingerprint density at radius 3 is 1.97 bits per heavy atom. The lowest BCUT2D eigenvalue weighted by molar-refractivity contribution is 0.160. The number of halogens is 1. The lowest BCUT2D eigenvalue weighted by atomic mass is 9.86. The number of hydrogen-bond donors (Lipinski definition) is 1. The second kappa shape index (κ2) is 10.5. The lowest BCUT2D eigenvalue weighted by Gasteiger charge is -2.30. The molecule has 1 aliphatic heterocycles. The Labute approximate surface area is 202 Å². The topological polar surface area (TPSA) is 23.5 Å². The highest BCUT2D eigenvalue weighted by atomic mass is 19.1. The minimum atomic E-state index is -0.512. The van der Waals surface area contributed by atoms with Crippen molar-refractivity contribution in [2.75, 3.05) is 19.6 Å². The minimum Gasteiger partial charge on any atom is -0.388 e. The Morgan fingerprint density at radius 2 is 1.35 bits per heavy atom. The van der Waals surface area contributed by atoms with Crippen molar-refractivity contribution in [1.29, 1.82) is 0 Å². The van der Waals surface area contributed by atoms with Gasteiger partial charge in [-0.15, -0.1) is 0 Å². The summed E-state index contributed by atoms with van der Waals surface area (Å²) in [5.41, 5.74) is 9.08. The van der Waals surface area contributed by atoms with E-state index in [1.807, 2.05) is 0 Å². The van der Waals surface area contributed by atoms with E-state index in [2.05, 4.69) is 65.6 Å². The van der Waals surface area contributed by atoms with Gasteiger partial charge in [0.25, 0.3) is 0 Å². The lowest BCUT2D eigenvalue weighted by Crippen LogP contribution is -2.32. The Balaban J connectivity index is 1.21. The highest BCUT2D eigenvalue weighted by Crippen LogP contribution is 2.38. The quantitative estimate of drug-likeness (QED) is 0.314. The molecule has 1 aliphatic carbocycles. The SMILES string of the molecule is OC(CCCCN1CCC(=C2c3ccccc3C=Cc3ccccc32)CC1)c1ccc(F)cc1. The molecule has 1 saturated heterocycles. The highest BCUT2D eigenvalue weighted by Gasteiger charge is 2.22. The third kappa shape index (κ3) is 5.06. The van der Waals surface area contributed by atoms with E-state index in [4.69, 9.17) is 0 Å². The average molecular weight is 454 g/mol. The van der Waals surface area contributed by atoms with E-state index in [9.17, 15) is 9.50 Å². The normalized spacial score (nSPS) is 16.6. The monoisotopic (exact) mass is 453 g/mol. The zero-order chi connectivity index (χ0) is 23.3. The fourth-order valence-corrected chi connectivity index (χ4v) is 5.27. The van der Waals surface area contributed by atoms with E-state index in [0.29, 0.717) is 0 Å². The van der Waals surface area contributed by atoms with Crippen molar-refractivity contribution in [3.63, 3.8) is 0 Å². The van der Waals surface area contributed by atoms with Crippen molar-refractivity contribution in [3.8, 4) is 0 Å². The summed E-state index contributed by atoms with van der Waals surface area (Å²) in [6.07, 6.45) is 8.92. The molecule has 174 valence electrons. The van der Waals surface area contributed by atoms with Crippen molar-refractivity contribution >= 4 is 17.7 Å². The van der Waals surface area contributed by atoms with Crippen LogP contribution in [0.25, 0.3) is 17.7 Å². The number of aliphatic hydroxyl groups excluding tert-OH is 1. The first-order chi connectivity index (χ1) is 16.7. The molecule has 2 nitrogen and oxygen atoms in total. The van der Waals surface area contributed by atoms with Gasteiger partial charge in [-0.3, -0.25) is 0 Å². The summed E-state index contributed by atoms with van der Waals surface area (Å²) in [7, 11) is 0. The first-order valence-corrected chi connectivity index (χ1v) is 12.4. The van der Waals surface area contributed by atoms with Gasteiger partial charge in [0.2, 0.25) is 0 Å². The summed E-state index contributed by atoms with van der Waals surface area (Å²) >= 11 is 0. The number of nitrogens with zero attached hydrogens (tertiary/aromatic N) is 1. The fourth-order valence-electron chi connectivity index (χ4n) is 5.27. The minimum absolute atomic E-state index is 0.262. The number of benzene rings is 3. The summed E-state index contributed by atoms with van der Waals surface area (Å²) in [5, 5.41) is 10.4. The van der Waals surface area contributed by atoms with Gasteiger partial charge < -0.3 is 10.0 Å². The second-order valence-corrected chi connectivity index (χ2v) is 9.39. The van der Waals surface area contributed by atoms with Gasteiger partial charge in [0.1, 0.15) is 5.82 Å². The van der Waals surface area contributed by atoms with Crippen molar-refractivity contribution in [1.82, 2.24) is 4.90 Å². The van der Waals surface area contributed by atoms with Gasteiger partial charge >= 0.3 is 0 Å². The number of hydrogen-bond acceptors (Lipinski definition) is 2. The highest BCUT2D eigenvalue weighted by molar-refractivity contribution is 5.94. The second-order valence-electron chi connectivity index (χ2n) is 9.39. The molecule has 34 heavy (non-hydrogen) atoms. The molecular formula is C31H32FNO. The van der Waals surface area contributed by atoms with Crippen LogP contribution in [0.5, 0.6) is 0 Å². The molecule has 0 saturated carbocycles. The molecule has 3 aromatic rings. The third-order valence-corrected chi connectivity index (χ3v) is 7.17. The maximum atomic E-state index is 13.1. The maximum absolute atomic E-state index is 13.1. The zero-order valence-corrected chi connectivity index (χ0v) is 19.6. The molecular weight excluding hydrogens is 421 g/mol. The molecule has 0 aromatic heterocycles. The number of unbranched alkanes of at least 4 members (excludes halogenated alkanes) is 1. The van der Waals surface area contributed by atoms with Crippen LogP contribution in [0.3, 0.4) is 0 Å². The summed E-state index contributed by atoms with van der Waals surface area (Å²) in [6.45, 7) is 3.22. The summed E-state index contributed by atoms with van der Waals surface area (Å²) in [6, 6.07) is 23.7. The molecule has 0 spiro atoms. The van der Waals surface area contributed by atoms with Crippen LogP contribution in [0, 0.1) is 5.82 Å². The number of fused-ring (bicyclic) bond motifs is 2. The molecule has 0 radical (unpaired) electrons. The summed E-state index contributed by atoms with van der Waals surface area (Å²) in [4.78, 5) is 2.56. The van der Waals surface area contributed by atoms with Crippen molar-refractivity contribution in [2.24, 2.45) is 0 Å². The van der Waals surface area contributed by atoms with Gasteiger partial charge in [-0.1, -0.05) is 78.4 Å². The van der Waals surface area contributed by atoms with Crippen molar-refractivity contribution in [3.05, 3.63) is 112 Å². The third-order valence-electron chi connectivity index (χ3n) is 7.17. The Hall–Kier alpha value is -3.01. The van der Waals surface area contributed by atoms with Gasteiger partial charge in [-0.05, 0) is 84.2 Å². The van der Waals surface area contributed by atoms with Crippen LogP contribution in [0.2, 0.25) is 0 Å². The largest absolute Gasteiger partial charge is 0.388 e. The van der Waals surface area contributed by atoms with E-state index in [-0.39, 0.29) is 5.82 Å². The van der Waals surface area contributed by atoms with Gasteiger partial charge in [-0.2, -0.15) is 0 Å². The molecule has 1 fully saturated rings. The first kappa shape index (κ1) is 22.8. The van der Waals surface area contributed by atoms with Gasteiger partial charge in [0.15, 0.2) is 0 Å². The van der Waals surface area contributed by atoms with Gasteiger partial charge in [-0.25, -0.2) is 4.39 Å². The summed E-state index contributed by atoms with van der Waals surface area (Å²) in [5.74, 6) is -0.262. The van der Waals surface area contributed by atoms with Crippen LogP contribution in [0.15, 0.2) is 78.4 Å². The number of likely N-dealkylation sites (tertiary alicyclic amines) is 1. The van der Waals surface area contributed by atoms with Gasteiger partial charge in [0, 0.05) is 13.1 Å². The molecule has 5 rings (SSSR count). The van der Waals surface area contributed by atoms with Crippen LogP contribution in [0.1, 0.15) is 66.0 Å². The van der Waals surface area contributed by atoms with Crippen LogP contribution >= 0.6 is 0 Å². The van der Waals surface area contributed by atoms with E-state index < -0.39 is 6.10 Å². The molecule has 1 N–H and O–H groups in total. The number of aliphatic hydroxyl groups is 1. The summed E-state index contributed by atoms with van der Waals surface area (Å²) < 4.78 is 13.1. The molecule has 0 bridgehead atoms. The molecule has 3 heteroatoms. The van der Waals surface area contributed by atoms with E-state index in [1.165, 1.54) is 40.0 Å². The molecule has 0 amide bonds. The maximum Gasteiger partial charge on any atom is 0.123 e. The van der Waals surface area contributed by atoms with E-state index >= 15 is 0 Å². The van der Waals surface area contributed by atoms with E-state index in [1.54, 1.807) is 17.7 Å². The molecule has 1 heterocycles. The van der Waals surface area contributed by atoms with Crippen molar-refractivity contribution < 1.29 is 9.50 Å². The van der Waals surface area contributed by atoms with Crippen LogP contribution in [-0.2, 0) is 0 Å². The molecule has 1 atom stereocenters. The Kier molecular flexibility index (Phi) is 7.03. The predicted octanol–water partition coefficient (Wildman–Crippen LogP) is 7.11. The number of rotatable bonds is 6. The molecule has 3 aromatic carbocycles. The van der Waals surface area contributed by atoms with Crippen LogP contribution < -0.4 is 0 Å². The smallest absolute Gasteiger partial charge is 0.123 e. The fraction of sp³-hybridized carbons (Fsp3) is 0.290. The Bertz CT molecular complexity index is 1130. The van der Waals surface area contributed by atoms with Crippen LogP contribution in [0.4, 0.5) is 4.39 Å². The van der Waals surface area contributed by atoms with E-state index in [0.717, 1.165) is 57.3 Å². The standard InChI is InChI=1S/C31H32FNO/c32-27-16-14-25(15-17-27)30(34)11-5-6-20-33-21-18-26(19-22-33)31-28-9-3-1-7-23(28)12-13-24-8-2-4-10-29(24)31/h1-4,7-10,12-17,30,34H,5-6,11,18-22H2.